The van der Waals surface area contributed by atoms with Crippen LogP contribution in [0.1, 0.15) is 13.3 Å². The zero-order valence-corrected chi connectivity index (χ0v) is 7.83. The maximum absolute atomic E-state index is 11.2. The van der Waals surface area contributed by atoms with Crippen molar-refractivity contribution in [2.75, 3.05) is 20.7 Å². The summed E-state index contributed by atoms with van der Waals surface area (Å²) in [4.78, 5) is 12.7. The van der Waals surface area contributed by atoms with E-state index in [4.69, 9.17) is 4.74 Å². The van der Waals surface area contributed by atoms with Crippen LogP contribution in [0.5, 0.6) is 0 Å². The van der Waals surface area contributed by atoms with Crippen LogP contribution in [0.25, 0.3) is 0 Å². The number of hydrogen-bond donors (Lipinski definition) is 1. The van der Waals surface area contributed by atoms with E-state index in [0.29, 0.717) is 0 Å². The van der Waals surface area contributed by atoms with Crippen molar-refractivity contribution in [3.05, 3.63) is 0 Å². The summed E-state index contributed by atoms with van der Waals surface area (Å²) < 4.78 is 5.31. The van der Waals surface area contributed by atoms with Gasteiger partial charge in [-0.05, 0) is 13.3 Å². The lowest BCUT2D eigenvalue weighted by Crippen LogP contribution is -2.44. The predicted molar refractivity (Wildman–Crippen MR) is 46.0 cm³/mol. The minimum absolute atomic E-state index is 0.0441. The Hall–Kier alpha value is -0.770. The molecule has 2 unspecified atom stereocenters. The number of ether oxygens (including phenoxy) is 1. The third kappa shape index (κ3) is 2.11. The monoisotopic (exact) mass is 172 g/mol. The van der Waals surface area contributed by atoms with Crippen molar-refractivity contribution in [2.45, 2.75) is 25.5 Å². The first kappa shape index (κ1) is 9.32. The molecular weight excluding hydrogens is 156 g/mol. The maximum Gasteiger partial charge on any atom is 0.317 e. The first-order valence-corrected chi connectivity index (χ1v) is 4.20. The minimum atomic E-state index is -0.0441. The van der Waals surface area contributed by atoms with Gasteiger partial charge in [-0.3, -0.25) is 0 Å². The lowest BCUT2D eigenvalue weighted by molar-refractivity contribution is 0.113. The van der Waals surface area contributed by atoms with Crippen molar-refractivity contribution in [1.82, 2.24) is 10.2 Å². The summed E-state index contributed by atoms with van der Waals surface area (Å²) in [5.74, 6) is 0. The van der Waals surface area contributed by atoms with E-state index in [0.717, 1.165) is 13.0 Å². The second-order valence-electron chi connectivity index (χ2n) is 3.31. The quantitative estimate of drug-likeness (QED) is 0.623. The lowest BCUT2D eigenvalue weighted by atomic mass is 10.2. The van der Waals surface area contributed by atoms with Crippen LogP contribution in [0.2, 0.25) is 0 Å². The molecule has 2 atom stereocenters. The second kappa shape index (κ2) is 3.76. The summed E-state index contributed by atoms with van der Waals surface area (Å²) in [6, 6.07) is 0.136. The number of nitrogens with one attached hydrogen (secondary N) is 1. The fourth-order valence-electron chi connectivity index (χ4n) is 1.21. The van der Waals surface area contributed by atoms with E-state index in [9.17, 15) is 4.79 Å². The number of urea groups is 1. The summed E-state index contributed by atoms with van der Waals surface area (Å²) in [5, 5.41) is 2.89. The van der Waals surface area contributed by atoms with Gasteiger partial charge in [0.15, 0.2) is 0 Å². The predicted octanol–water partition coefficient (Wildman–Crippen LogP) is 0.435. The van der Waals surface area contributed by atoms with Gasteiger partial charge in [0, 0.05) is 20.7 Å². The van der Waals surface area contributed by atoms with Gasteiger partial charge in [0.2, 0.25) is 0 Å². The Labute approximate surface area is 72.9 Å². The molecule has 4 nitrogen and oxygen atoms in total. The second-order valence-corrected chi connectivity index (χ2v) is 3.31. The summed E-state index contributed by atoms with van der Waals surface area (Å²) in [7, 11) is 3.46. The number of carbonyl (C=O) groups excluding carboxylic acids is 1. The molecule has 1 aliphatic rings. The van der Waals surface area contributed by atoms with Crippen molar-refractivity contribution in [1.29, 1.82) is 0 Å². The molecule has 2 amide bonds. The van der Waals surface area contributed by atoms with Gasteiger partial charge in [0.1, 0.15) is 0 Å². The highest BCUT2D eigenvalue weighted by atomic mass is 16.5. The molecule has 1 heterocycles. The highest BCUT2D eigenvalue weighted by Gasteiger charge is 2.25. The highest BCUT2D eigenvalue weighted by Crippen LogP contribution is 2.12. The maximum atomic E-state index is 11.2. The zero-order chi connectivity index (χ0) is 9.14. The molecule has 70 valence electrons. The van der Waals surface area contributed by atoms with Crippen molar-refractivity contribution >= 4 is 6.03 Å². The average Bonchev–Trinajstić information content (AvgIpc) is 2.36. The Kier molecular flexibility index (Phi) is 2.92. The van der Waals surface area contributed by atoms with Crippen LogP contribution in [-0.2, 0) is 4.74 Å². The molecule has 1 fully saturated rings. The first-order valence-electron chi connectivity index (χ1n) is 4.20. The van der Waals surface area contributed by atoms with Crippen LogP contribution >= 0.6 is 0 Å². The van der Waals surface area contributed by atoms with Gasteiger partial charge in [0.25, 0.3) is 0 Å². The van der Waals surface area contributed by atoms with Crippen LogP contribution in [0.15, 0.2) is 0 Å². The Morgan fingerprint density at radius 1 is 1.58 bits per heavy atom. The van der Waals surface area contributed by atoms with E-state index in [-0.39, 0.29) is 18.2 Å². The largest absolute Gasteiger partial charge is 0.376 e. The molecule has 0 aliphatic carbocycles. The molecule has 1 rings (SSSR count). The topological polar surface area (TPSA) is 41.6 Å². The zero-order valence-electron chi connectivity index (χ0n) is 7.83. The highest BCUT2D eigenvalue weighted by molar-refractivity contribution is 5.73. The van der Waals surface area contributed by atoms with Crippen molar-refractivity contribution in [3.8, 4) is 0 Å². The molecule has 0 radical (unpaired) electrons. The smallest absolute Gasteiger partial charge is 0.317 e. The van der Waals surface area contributed by atoms with Crippen LogP contribution in [0, 0.1) is 0 Å². The molecule has 12 heavy (non-hydrogen) atoms. The van der Waals surface area contributed by atoms with Gasteiger partial charge >= 0.3 is 6.03 Å². The Morgan fingerprint density at radius 3 is 2.67 bits per heavy atom. The van der Waals surface area contributed by atoms with E-state index in [1.807, 2.05) is 6.92 Å². The van der Waals surface area contributed by atoms with Gasteiger partial charge in [0.05, 0.1) is 12.1 Å². The third-order valence-corrected chi connectivity index (χ3v) is 2.09. The van der Waals surface area contributed by atoms with E-state index in [1.165, 1.54) is 4.90 Å². The molecule has 4 heteroatoms. The normalized spacial score (nSPS) is 28.6. The van der Waals surface area contributed by atoms with Crippen LogP contribution in [-0.4, -0.2) is 43.8 Å². The lowest BCUT2D eigenvalue weighted by Gasteiger charge is -2.19. The Balaban J connectivity index is 2.35. The molecule has 1 saturated heterocycles. The summed E-state index contributed by atoms with van der Waals surface area (Å²) in [5.41, 5.74) is 0. The van der Waals surface area contributed by atoms with Gasteiger partial charge in [-0.15, -0.1) is 0 Å². The van der Waals surface area contributed by atoms with Crippen molar-refractivity contribution in [2.24, 2.45) is 0 Å². The third-order valence-electron chi connectivity index (χ3n) is 2.09. The van der Waals surface area contributed by atoms with Crippen LogP contribution in [0.4, 0.5) is 4.79 Å². The number of carbonyl (C=O) groups is 1. The fourth-order valence-corrected chi connectivity index (χ4v) is 1.21. The van der Waals surface area contributed by atoms with E-state index in [2.05, 4.69) is 5.32 Å². The number of amides is 2. The standard InChI is InChI=1S/C8H16N2O2/c1-6-7(4-5-12-6)9-8(11)10(2)3/h6-7H,4-5H2,1-3H3,(H,9,11). The van der Waals surface area contributed by atoms with Crippen LogP contribution in [0.3, 0.4) is 0 Å². The van der Waals surface area contributed by atoms with Crippen LogP contribution < -0.4 is 5.32 Å². The van der Waals surface area contributed by atoms with Crippen molar-refractivity contribution in [3.63, 3.8) is 0 Å². The number of nitrogens with zero attached hydrogens (tertiary/aromatic N) is 1. The molecule has 0 aromatic rings. The summed E-state index contributed by atoms with van der Waals surface area (Å²) in [6.07, 6.45) is 1.06. The van der Waals surface area contributed by atoms with E-state index >= 15 is 0 Å². The van der Waals surface area contributed by atoms with Crippen molar-refractivity contribution < 1.29 is 9.53 Å². The van der Waals surface area contributed by atoms with Gasteiger partial charge in [-0.25, -0.2) is 4.79 Å². The molecule has 0 spiro atoms. The van der Waals surface area contributed by atoms with E-state index in [1.54, 1.807) is 14.1 Å². The van der Waals surface area contributed by atoms with Gasteiger partial charge < -0.3 is 15.0 Å². The minimum Gasteiger partial charge on any atom is -0.376 e. The molecule has 0 bridgehead atoms. The summed E-state index contributed by atoms with van der Waals surface area (Å²) >= 11 is 0. The van der Waals surface area contributed by atoms with E-state index < -0.39 is 0 Å². The number of rotatable bonds is 1. The van der Waals surface area contributed by atoms with Gasteiger partial charge in [-0.2, -0.15) is 0 Å². The molecule has 1 aliphatic heterocycles. The van der Waals surface area contributed by atoms with Gasteiger partial charge in [-0.1, -0.05) is 0 Å². The summed E-state index contributed by atoms with van der Waals surface area (Å²) in [6.45, 7) is 2.73. The number of hydrogen-bond acceptors (Lipinski definition) is 2. The molecular formula is C8H16N2O2. The fraction of sp³-hybridized carbons (Fsp3) is 0.875. The first-order chi connectivity index (χ1) is 5.61. The SMILES string of the molecule is CC1OCCC1NC(=O)N(C)C. The molecule has 0 aromatic carbocycles. The Bertz CT molecular complexity index is 170. The Morgan fingerprint density at radius 2 is 2.25 bits per heavy atom. The molecule has 0 saturated carbocycles. The molecule has 0 aromatic heterocycles. The average molecular weight is 172 g/mol. The molecule has 1 N–H and O–H groups in total.